The maximum Gasteiger partial charge on any atom is 0.302 e. The van der Waals surface area contributed by atoms with Crippen molar-refractivity contribution in [2.24, 2.45) is 0 Å². The first kappa shape index (κ1) is 8.53. The zero-order chi connectivity index (χ0) is 8.48. The second kappa shape index (κ2) is 2.81. The number of rotatable bonds is 1. The van der Waals surface area contributed by atoms with Gasteiger partial charge in [-0.25, -0.2) is 0 Å². The van der Waals surface area contributed by atoms with Gasteiger partial charge in [0.15, 0.2) is 0 Å². The summed E-state index contributed by atoms with van der Waals surface area (Å²) < 4.78 is 4.95. The molecule has 2 atom stereocenters. The van der Waals surface area contributed by atoms with Crippen molar-refractivity contribution in [3.63, 3.8) is 0 Å². The first-order valence-electron chi connectivity index (χ1n) is 3.89. The Morgan fingerprint density at radius 2 is 2.36 bits per heavy atom. The van der Waals surface area contributed by atoms with Gasteiger partial charge in [0.2, 0.25) is 0 Å². The Hall–Kier alpha value is -0.570. The normalized spacial score (nSPS) is 37.2. The van der Waals surface area contributed by atoms with Crippen LogP contribution < -0.4 is 0 Å². The lowest BCUT2D eigenvalue weighted by Gasteiger charge is -2.15. The lowest BCUT2D eigenvalue weighted by Crippen LogP contribution is -2.21. The van der Waals surface area contributed by atoms with E-state index in [1.54, 1.807) is 6.92 Å². The van der Waals surface area contributed by atoms with Crippen LogP contribution in [0.15, 0.2) is 0 Å². The van der Waals surface area contributed by atoms with Crippen LogP contribution in [0.3, 0.4) is 0 Å². The van der Waals surface area contributed by atoms with Crippen molar-refractivity contribution in [3.05, 3.63) is 0 Å². The second-order valence-corrected chi connectivity index (χ2v) is 3.47. The third-order valence-corrected chi connectivity index (χ3v) is 2.00. The fourth-order valence-electron chi connectivity index (χ4n) is 1.50. The van der Waals surface area contributed by atoms with Gasteiger partial charge in [-0.1, -0.05) is 0 Å². The zero-order valence-corrected chi connectivity index (χ0v) is 6.96. The van der Waals surface area contributed by atoms with Crippen LogP contribution in [0.1, 0.15) is 33.1 Å². The van der Waals surface area contributed by atoms with Gasteiger partial charge in [-0.15, -0.1) is 0 Å². The van der Waals surface area contributed by atoms with Gasteiger partial charge >= 0.3 is 5.97 Å². The van der Waals surface area contributed by atoms with E-state index in [9.17, 15) is 9.90 Å². The van der Waals surface area contributed by atoms with E-state index in [2.05, 4.69) is 0 Å². The molecule has 0 aromatic carbocycles. The monoisotopic (exact) mass is 158 g/mol. The third-order valence-electron chi connectivity index (χ3n) is 2.00. The molecule has 0 radical (unpaired) electrons. The molecule has 1 saturated carbocycles. The molecule has 1 N–H and O–H groups in total. The average molecular weight is 158 g/mol. The second-order valence-electron chi connectivity index (χ2n) is 3.47. The highest BCUT2D eigenvalue weighted by atomic mass is 16.5. The molecule has 11 heavy (non-hydrogen) atoms. The minimum absolute atomic E-state index is 0.0671. The lowest BCUT2D eigenvalue weighted by atomic mass is 10.1. The predicted molar refractivity (Wildman–Crippen MR) is 40.0 cm³/mol. The summed E-state index contributed by atoms with van der Waals surface area (Å²) in [6, 6.07) is 0. The predicted octanol–water partition coefficient (Wildman–Crippen LogP) is 0.853. The minimum atomic E-state index is -0.625. The van der Waals surface area contributed by atoms with Crippen molar-refractivity contribution in [1.29, 1.82) is 0 Å². The molecule has 0 bridgehead atoms. The Labute approximate surface area is 66.4 Å². The number of aliphatic hydroxyl groups is 1. The number of hydrogen-bond donors (Lipinski definition) is 1. The summed E-state index contributed by atoms with van der Waals surface area (Å²) in [5.74, 6) is -0.257. The molecule has 1 fully saturated rings. The summed E-state index contributed by atoms with van der Waals surface area (Å²) in [5.41, 5.74) is -0.625. The molecule has 1 rings (SSSR count). The summed E-state index contributed by atoms with van der Waals surface area (Å²) in [5, 5.41) is 9.49. The van der Waals surface area contributed by atoms with Gasteiger partial charge in [0.1, 0.15) is 6.10 Å². The average Bonchev–Trinajstić information content (AvgIpc) is 2.08. The van der Waals surface area contributed by atoms with E-state index >= 15 is 0 Å². The number of ether oxygens (including phenoxy) is 1. The topological polar surface area (TPSA) is 46.5 Å². The maximum atomic E-state index is 10.5. The molecule has 3 nitrogen and oxygen atoms in total. The van der Waals surface area contributed by atoms with E-state index in [1.807, 2.05) is 0 Å². The third kappa shape index (κ3) is 2.50. The number of hydrogen-bond acceptors (Lipinski definition) is 3. The molecule has 0 unspecified atom stereocenters. The van der Waals surface area contributed by atoms with Crippen molar-refractivity contribution in [3.8, 4) is 0 Å². The van der Waals surface area contributed by atoms with E-state index in [4.69, 9.17) is 4.74 Å². The molecule has 3 heteroatoms. The van der Waals surface area contributed by atoms with Gasteiger partial charge in [0, 0.05) is 13.3 Å². The first-order chi connectivity index (χ1) is 4.99. The molecule has 0 spiro atoms. The van der Waals surface area contributed by atoms with Gasteiger partial charge in [-0.05, 0) is 19.8 Å². The van der Waals surface area contributed by atoms with E-state index in [-0.39, 0.29) is 12.1 Å². The van der Waals surface area contributed by atoms with Gasteiger partial charge in [-0.3, -0.25) is 4.79 Å². The highest BCUT2D eigenvalue weighted by molar-refractivity contribution is 5.66. The Morgan fingerprint density at radius 3 is 2.73 bits per heavy atom. The van der Waals surface area contributed by atoms with Crippen LogP contribution in [-0.2, 0) is 9.53 Å². The summed E-state index contributed by atoms with van der Waals surface area (Å²) in [6.45, 7) is 3.17. The highest BCUT2D eigenvalue weighted by Gasteiger charge is 2.34. The van der Waals surface area contributed by atoms with E-state index < -0.39 is 5.60 Å². The van der Waals surface area contributed by atoms with Crippen LogP contribution in [-0.4, -0.2) is 22.8 Å². The minimum Gasteiger partial charge on any atom is -0.462 e. The van der Waals surface area contributed by atoms with Crippen LogP contribution in [0.2, 0.25) is 0 Å². The van der Waals surface area contributed by atoms with E-state index in [1.165, 1.54) is 6.92 Å². The number of esters is 1. The van der Waals surface area contributed by atoms with Gasteiger partial charge in [0.05, 0.1) is 5.60 Å². The molecule has 0 aromatic rings. The Kier molecular flexibility index (Phi) is 2.18. The van der Waals surface area contributed by atoms with Crippen molar-refractivity contribution in [2.45, 2.75) is 44.8 Å². The quantitative estimate of drug-likeness (QED) is 0.575. The molecule has 0 aliphatic heterocycles. The molecule has 0 aromatic heterocycles. The van der Waals surface area contributed by atoms with Crippen molar-refractivity contribution in [1.82, 2.24) is 0 Å². The lowest BCUT2D eigenvalue weighted by molar-refractivity contribution is -0.146. The van der Waals surface area contributed by atoms with Gasteiger partial charge < -0.3 is 9.84 Å². The van der Waals surface area contributed by atoms with Crippen LogP contribution in [0.4, 0.5) is 0 Å². The molecule has 1 aliphatic rings. The van der Waals surface area contributed by atoms with Crippen LogP contribution in [0.25, 0.3) is 0 Å². The smallest absolute Gasteiger partial charge is 0.302 e. The highest BCUT2D eigenvalue weighted by Crippen LogP contribution is 2.30. The number of carbonyl (C=O) groups is 1. The molecular formula is C8H14O3. The largest absolute Gasteiger partial charge is 0.462 e. The fraction of sp³-hybridized carbons (Fsp3) is 0.875. The van der Waals surface area contributed by atoms with Crippen LogP contribution in [0, 0.1) is 0 Å². The molecule has 1 aliphatic carbocycles. The van der Waals surface area contributed by atoms with Gasteiger partial charge in [0.25, 0.3) is 0 Å². The molecule has 0 heterocycles. The van der Waals surface area contributed by atoms with Crippen molar-refractivity contribution in [2.75, 3.05) is 0 Å². The SMILES string of the molecule is CC(=O)O[C@H]1CC[C@@](C)(O)C1. The Balaban J connectivity index is 2.36. The first-order valence-corrected chi connectivity index (χ1v) is 3.89. The van der Waals surface area contributed by atoms with Crippen LogP contribution >= 0.6 is 0 Å². The fourth-order valence-corrected chi connectivity index (χ4v) is 1.50. The van der Waals surface area contributed by atoms with Crippen molar-refractivity contribution >= 4 is 5.97 Å². The Bertz CT molecular complexity index is 163. The summed E-state index contributed by atoms with van der Waals surface area (Å²) in [7, 11) is 0. The standard InChI is InChI=1S/C8H14O3/c1-6(9)11-7-3-4-8(2,10)5-7/h7,10H,3-5H2,1-2H3/t7-,8+/m0/s1. The van der Waals surface area contributed by atoms with E-state index in [0.717, 1.165) is 12.8 Å². The summed E-state index contributed by atoms with van der Waals surface area (Å²) in [6.07, 6.45) is 2.02. The summed E-state index contributed by atoms with van der Waals surface area (Å²) >= 11 is 0. The van der Waals surface area contributed by atoms with E-state index in [0.29, 0.717) is 6.42 Å². The molecule has 0 amide bonds. The zero-order valence-electron chi connectivity index (χ0n) is 6.96. The number of carbonyl (C=O) groups excluding carboxylic acids is 1. The maximum absolute atomic E-state index is 10.5. The summed E-state index contributed by atoms with van der Waals surface area (Å²) in [4.78, 5) is 10.5. The van der Waals surface area contributed by atoms with Crippen LogP contribution in [0.5, 0.6) is 0 Å². The molecule has 0 saturated heterocycles. The molecular weight excluding hydrogens is 144 g/mol. The van der Waals surface area contributed by atoms with Gasteiger partial charge in [-0.2, -0.15) is 0 Å². The Morgan fingerprint density at radius 1 is 1.73 bits per heavy atom. The van der Waals surface area contributed by atoms with Crippen molar-refractivity contribution < 1.29 is 14.6 Å². The molecule has 64 valence electrons.